The van der Waals surface area contributed by atoms with Crippen molar-refractivity contribution >= 4 is 29.9 Å². The average Bonchev–Trinajstić information content (AvgIpc) is 2.79. The molecule has 1 rings (SSSR count). The van der Waals surface area contributed by atoms with Gasteiger partial charge in [0.2, 0.25) is 0 Å². The second-order valence-electron chi connectivity index (χ2n) is 5.18. The maximum absolute atomic E-state index is 4.31. The maximum atomic E-state index is 4.31. The van der Waals surface area contributed by atoms with Gasteiger partial charge in [-0.05, 0) is 26.2 Å². The summed E-state index contributed by atoms with van der Waals surface area (Å²) in [6, 6.07) is 0. The summed E-state index contributed by atoms with van der Waals surface area (Å²) in [5, 5.41) is 11.5. The third-order valence-electron chi connectivity index (χ3n) is 3.56. The standard InChI is InChI=1S/C15H28N6.HI/c1-6-7-8-9-10-11-20(4)15(16-3)17-12-14-19-18-13(2)21(14)5;/h6H,1,7-12H2,2-5H3,(H,16,17);1H. The molecular weight excluding hydrogens is 391 g/mol. The van der Waals surface area contributed by atoms with Crippen molar-refractivity contribution in [2.24, 2.45) is 12.0 Å². The van der Waals surface area contributed by atoms with Gasteiger partial charge in [-0.15, -0.1) is 40.8 Å². The van der Waals surface area contributed by atoms with E-state index in [4.69, 9.17) is 0 Å². The molecule has 0 saturated heterocycles. The van der Waals surface area contributed by atoms with Crippen LogP contribution >= 0.6 is 24.0 Å². The quantitative estimate of drug-likeness (QED) is 0.231. The Labute approximate surface area is 151 Å². The second-order valence-corrected chi connectivity index (χ2v) is 5.18. The van der Waals surface area contributed by atoms with Crippen LogP contribution in [0.25, 0.3) is 0 Å². The zero-order valence-electron chi connectivity index (χ0n) is 14.2. The van der Waals surface area contributed by atoms with Crippen LogP contribution in [0.15, 0.2) is 17.6 Å². The molecule has 0 bridgehead atoms. The number of aryl methyl sites for hydroxylation is 1. The van der Waals surface area contributed by atoms with Crippen molar-refractivity contribution in [2.45, 2.75) is 39.2 Å². The normalized spacial score (nSPS) is 11.0. The van der Waals surface area contributed by atoms with E-state index >= 15 is 0 Å². The largest absolute Gasteiger partial charge is 0.349 e. The van der Waals surface area contributed by atoms with Crippen molar-refractivity contribution in [1.29, 1.82) is 0 Å². The number of nitrogens with one attached hydrogen (secondary N) is 1. The number of aliphatic imine (C=N–C) groups is 1. The molecule has 0 aliphatic rings. The zero-order valence-corrected chi connectivity index (χ0v) is 16.5. The molecule has 0 amide bonds. The van der Waals surface area contributed by atoms with Crippen LogP contribution in [0.3, 0.4) is 0 Å². The van der Waals surface area contributed by atoms with Gasteiger partial charge in [-0.3, -0.25) is 4.99 Å². The first-order valence-corrected chi connectivity index (χ1v) is 7.47. The minimum Gasteiger partial charge on any atom is -0.349 e. The molecule has 1 N–H and O–H groups in total. The van der Waals surface area contributed by atoms with Crippen molar-refractivity contribution in [2.75, 3.05) is 20.6 Å². The number of allylic oxidation sites excluding steroid dienone is 1. The first-order chi connectivity index (χ1) is 10.1. The van der Waals surface area contributed by atoms with Crippen molar-refractivity contribution in [3.05, 3.63) is 24.3 Å². The smallest absolute Gasteiger partial charge is 0.193 e. The first-order valence-electron chi connectivity index (χ1n) is 7.47. The van der Waals surface area contributed by atoms with Crippen LogP contribution in [0, 0.1) is 6.92 Å². The van der Waals surface area contributed by atoms with E-state index in [0.717, 1.165) is 37.0 Å². The van der Waals surface area contributed by atoms with E-state index in [-0.39, 0.29) is 24.0 Å². The molecule has 0 radical (unpaired) electrons. The molecule has 0 aliphatic heterocycles. The molecule has 1 aromatic heterocycles. The van der Waals surface area contributed by atoms with Gasteiger partial charge in [0.15, 0.2) is 11.8 Å². The monoisotopic (exact) mass is 420 g/mol. The minimum absolute atomic E-state index is 0. The fourth-order valence-electron chi connectivity index (χ4n) is 2.07. The molecule has 22 heavy (non-hydrogen) atoms. The Hall–Kier alpha value is -1.12. The highest BCUT2D eigenvalue weighted by molar-refractivity contribution is 14.0. The summed E-state index contributed by atoms with van der Waals surface area (Å²) in [6.45, 7) is 7.31. The molecule has 0 saturated carbocycles. The van der Waals surface area contributed by atoms with Crippen LogP contribution in [0.1, 0.15) is 37.3 Å². The fraction of sp³-hybridized carbons (Fsp3) is 0.667. The molecule has 6 nitrogen and oxygen atoms in total. The molecule has 0 aliphatic carbocycles. The third-order valence-corrected chi connectivity index (χ3v) is 3.56. The highest BCUT2D eigenvalue weighted by Crippen LogP contribution is 2.02. The Morgan fingerprint density at radius 3 is 2.64 bits per heavy atom. The van der Waals surface area contributed by atoms with Crippen molar-refractivity contribution < 1.29 is 0 Å². The Morgan fingerprint density at radius 2 is 2.09 bits per heavy atom. The van der Waals surface area contributed by atoms with Gasteiger partial charge in [-0.25, -0.2) is 0 Å². The number of guanidine groups is 1. The topological polar surface area (TPSA) is 58.3 Å². The lowest BCUT2D eigenvalue weighted by molar-refractivity contribution is 0.453. The summed E-state index contributed by atoms with van der Waals surface area (Å²) in [6.07, 6.45) is 6.67. The second kappa shape index (κ2) is 11.4. The molecule has 7 heteroatoms. The molecule has 0 spiro atoms. The lowest BCUT2D eigenvalue weighted by Gasteiger charge is -2.21. The Bertz CT molecular complexity index is 469. The Morgan fingerprint density at radius 1 is 1.36 bits per heavy atom. The SMILES string of the molecule is C=CCCCCCN(C)C(=NC)NCc1nnc(C)n1C.I. The summed E-state index contributed by atoms with van der Waals surface area (Å²) < 4.78 is 1.98. The van der Waals surface area contributed by atoms with Gasteiger partial charge in [-0.2, -0.15) is 0 Å². The van der Waals surface area contributed by atoms with Crippen LogP contribution in [-0.2, 0) is 13.6 Å². The van der Waals surface area contributed by atoms with E-state index in [2.05, 4.69) is 39.0 Å². The highest BCUT2D eigenvalue weighted by atomic mass is 127. The van der Waals surface area contributed by atoms with Crippen LogP contribution in [0.2, 0.25) is 0 Å². The number of hydrogen-bond donors (Lipinski definition) is 1. The predicted octanol–water partition coefficient (Wildman–Crippen LogP) is 2.50. The fourth-order valence-corrected chi connectivity index (χ4v) is 2.07. The van der Waals surface area contributed by atoms with Gasteiger partial charge >= 0.3 is 0 Å². The van der Waals surface area contributed by atoms with Gasteiger partial charge in [0.1, 0.15) is 5.82 Å². The minimum atomic E-state index is 0. The molecule has 0 fully saturated rings. The van der Waals surface area contributed by atoms with Crippen LogP contribution in [0.4, 0.5) is 0 Å². The first kappa shape index (κ1) is 20.9. The third kappa shape index (κ3) is 6.76. The van der Waals surface area contributed by atoms with E-state index < -0.39 is 0 Å². The molecular formula is C15H29IN6. The van der Waals surface area contributed by atoms with Crippen molar-refractivity contribution in [3.8, 4) is 0 Å². The highest BCUT2D eigenvalue weighted by Gasteiger charge is 2.08. The number of rotatable bonds is 8. The van der Waals surface area contributed by atoms with Crippen LogP contribution in [0.5, 0.6) is 0 Å². The summed E-state index contributed by atoms with van der Waals surface area (Å²) in [7, 11) is 5.83. The van der Waals surface area contributed by atoms with Crippen LogP contribution < -0.4 is 5.32 Å². The number of halogens is 1. The summed E-state index contributed by atoms with van der Waals surface area (Å²) in [5.41, 5.74) is 0. The maximum Gasteiger partial charge on any atom is 0.193 e. The van der Waals surface area contributed by atoms with E-state index in [9.17, 15) is 0 Å². The predicted molar refractivity (Wildman–Crippen MR) is 103 cm³/mol. The average molecular weight is 420 g/mol. The van der Waals surface area contributed by atoms with Gasteiger partial charge < -0.3 is 14.8 Å². The van der Waals surface area contributed by atoms with E-state index in [0.29, 0.717) is 6.54 Å². The Kier molecular flexibility index (Phi) is 10.9. The molecule has 0 aromatic carbocycles. The zero-order chi connectivity index (χ0) is 15.7. The summed E-state index contributed by atoms with van der Waals surface area (Å²) in [4.78, 5) is 6.46. The number of hydrogen-bond acceptors (Lipinski definition) is 3. The summed E-state index contributed by atoms with van der Waals surface area (Å²) >= 11 is 0. The van der Waals surface area contributed by atoms with Crippen molar-refractivity contribution in [1.82, 2.24) is 25.0 Å². The van der Waals surface area contributed by atoms with Gasteiger partial charge in [0.05, 0.1) is 6.54 Å². The molecule has 1 heterocycles. The summed E-state index contributed by atoms with van der Waals surface area (Å²) in [5.74, 6) is 2.71. The Balaban J connectivity index is 0.00000441. The lowest BCUT2D eigenvalue weighted by Crippen LogP contribution is -2.39. The van der Waals surface area contributed by atoms with E-state index in [1.54, 1.807) is 7.05 Å². The van der Waals surface area contributed by atoms with E-state index in [1.807, 2.05) is 24.6 Å². The lowest BCUT2D eigenvalue weighted by atomic mass is 10.2. The van der Waals surface area contributed by atoms with E-state index in [1.165, 1.54) is 12.8 Å². The number of aromatic nitrogens is 3. The van der Waals surface area contributed by atoms with Gasteiger partial charge in [0, 0.05) is 27.7 Å². The van der Waals surface area contributed by atoms with Crippen LogP contribution in [-0.4, -0.2) is 46.3 Å². The molecule has 126 valence electrons. The van der Waals surface area contributed by atoms with Gasteiger partial charge in [0.25, 0.3) is 0 Å². The molecule has 0 unspecified atom stereocenters. The molecule has 1 aromatic rings. The van der Waals surface area contributed by atoms with Crippen molar-refractivity contribution in [3.63, 3.8) is 0 Å². The number of nitrogens with zero attached hydrogens (tertiary/aromatic N) is 5. The van der Waals surface area contributed by atoms with Gasteiger partial charge in [-0.1, -0.05) is 12.5 Å². The molecule has 0 atom stereocenters. The number of unbranched alkanes of at least 4 members (excludes halogenated alkanes) is 3.